The third-order valence-electron chi connectivity index (χ3n) is 6.90. The number of hydrogen-bond donors (Lipinski definition) is 2. The van der Waals surface area contributed by atoms with E-state index in [1.54, 1.807) is 0 Å². The molecule has 1 rings (SSSR count). The first-order chi connectivity index (χ1) is 18.5. The summed E-state index contributed by atoms with van der Waals surface area (Å²) < 4.78 is 12.8. The van der Waals surface area contributed by atoms with Crippen molar-refractivity contribution < 1.29 is 19.4 Å². The van der Waals surface area contributed by atoms with E-state index in [0.29, 0.717) is 6.54 Å². The molecule has 2 N–H and O–H groups in total. The Morgan fingerprint density at radius 2 is 1.42 bits per heavy atom. The molecule has 38 heavy (non-hydrogen) atoms. The van der Waals surface area contributed by atoms with Crippen molar-refractivity contribution in [1.29, 1.82) is 0 Å². The van der Waals surface area contributed by atoms with Crippen LogP contribution in [0.2, 0.25) is 0 Å². The van der Waals surface area contributed by atoms with E-state index in [4.69, 9.17) is 14.6 Å². The number of ether oxygens (including phenoxy) is 2. The summed E-state index contributed by atoms with van der Waals surface area (Å²) in [6.07, 6.45) is 21.3. The highest BCUT2D eigenvalue weighted by Crippen LogP contribution is 2.13. The summed E-state index contributed by atoms with van der Waals surface area (Å²) in [4.78, 5) is 36.2. The minimum absolute atomic E-state index is 0.0210. The Hall–Kier alpha value is -2.13. The molecule has 0 aliphatic carbocycles. The smallest absolute Gasteiger partial charge is 0.407 e. The van der Waals surface area contributed by atoms with Gasteiger partial charge in [0, 0.05) is 25.9 Å². The minimum atomic E-state index is -0.547. The number of carbonyl (C=O) groups is 1. The SMILES string of the molecule is CCCCCCCCCCCCCCCCCCNC(=O)OCC(Cn1ccc(=O)n(CCO)c1=O)OC. The topological polar surface area (TPSA) is 112 Å². The molecule has 0 saturated heterocycles. The van der Waals surface area contributed by atoms with Crippen LogP contribution < -0.4 is 16.6 Å². The van der Waals surface area contributed by atoms with Crippen LogP contribution in [0.25, 0.3) is 0 Å². The molecule has 9 heteroatoms. The number of unbranched alkanes of at least 4 members (excludes halogenated alkanes) is 15. The van der Waals surface area contributed by atoms with Gasteiger partial charge in [-0.25, -0.2) is 9.59 Å². The Kier molecular flexibility index (Phi) is 20.4. The van der Waals surface area contributed by atoms with E-state index in [9.17, 15) is 14.4 Å². The van der Waals surface area contributed by atoms with Crippen molar-refractivity contribution in [2.75, 3.05) is 26.9 Å². The number of alkyl carbamates (subject to hydrolysis) is 1. The van der Waals surface area contributed by atoms with Gasteiger partial charge in [-0.15, -0.1) is 0 Å². The van der Waals surface area contributed by atoms with Gasteiger partial charge in [0.1, 0.15) is 12.7 Å². The first kappa shape index (κ1) is 33.9. The second-order valence-electron chi connectivity index (χ2n) is 10.2. The molecule has 0 bridgehead atoms. The molecule has 1 amide bonds. The summed E-state index contributed by atoms with van der Waals surface area (Å²) in [5, 5.41) is 11.8. The molecule has 0 fully saturated rings. The number of rotatable bonds is 24. The first-order valence-corrected chi connectivity index (χ1v) is 14.9. The van der Waals surface area contributed by atoms with Crippen molar-refractivity contribution in [2.45, 2.75) is 129 Å². The Morgan fingerprint density at radius 1 is 0.895 bits per heavy atom. The fourth-order valence-corrected chi connectivity index (χ4v) is 4.50. The predicted molar refractivity (Wildman–Crippen MR) is 152 cm³/mol. The molecule has 0 spiro atoms. The fraction of sp³-hybridized carbons (Fsp3) is 0.828. The zero-order chi connectivity index (χ0) is 27.8. The number of nitrogens with zero attached hydrogens (tertiary/aromatic N) is 2. The van der Waals surface area contributed by atoms with Crippen LogP contribution in [0.1, 0.15) is 110 Å². The van der Waals surface area contributed by atoms with E-state index in [2.05, 4.69) is 12.2 Å². The van der Waals surface area contributed by atoms with E-state index in [1.807, 2.05) is 0 Å². The van der Waals surface area contributed by atoms with Crippen LogP contribution in [0.15, 0.2) is 21.9 Å². The highest BCUT2D eigenvalue weighted by atomic mass is 16.6. The number of amides is 1. The molecule has 220 valence electrons. The Balaban J connectivity index is 2.03. The van der Waals surface area contributed by atoms with Crippen LogP contribution in [0.4, 0.5) is 4.79 Å². The first-order valence-electron chi connectivity index (χ1n) is 14.9. The molecule has 1 aromatic heterocycles. The quantitative estimate of drug-likeness (QED) is 0.179. The molecule has 0 aliphatic rings. The lowest BCUT2D eigenvalue weighted by Gasteiger charge is -2.17. The summed E-state index contributed by atoms with van der Waals surface area (Å²) >= 11 is 0. The second kappa shape index (κ2) is 22.8. The maximum absolute atomic E-state index is 12.4. The van der Waals surface area contributed by atoms with Crippen LogP contribution >= 0.6 is 0 Å². The summed E-state index contributed by atoms with van der Waals surface area (Å²) in [6, 6.07) is 1.26. The zero-order valence-electron chi connectivity index (χ0n) is 24.0. The fourth-order valence-electron chi connectivity index (χ4n) is 4.50. The van der Waals surface area contributed by atoms with E-state index in [1.165, 1.54) is 114 Å². The van der Waals surface area contributed by atoms with Crippen molar-refractivity contribution in [3.8, 4) is 0 Å². The number of carbonyl (C=O) groups excluding carboxylic acids is 1. The average molecular weight is 540 g/mol. The number of aliphatic hydroxyl groups excluding tert-OH is 1. The largest absolute Gasteiger partial charge is 0.447 e. The van der Waals surface area contributed by atoms with Gasteiger partial charge in [0.15, 0.2) is 0 Å². The van der Waals surface area contributed by atoms with Gasteiger partial charge in [-0.2, -0.15) is 0 Å². The molecule has 1 heterocycles. The molecule has 1 aromatic rings. The lowest BCUT2D eigenvalue weighted by Crippen LogP contribution is -2.42. The molecular weight excluding hydrogens is 486 g/mol. The lowest BCUT2D eigenvalue weighted by molar-refractivity contribution is 0.0243. The summed E-state index contributed by atoms with van der Waals surface area (Å²) in [6.45, 7) is 2.55. The van der Waals surface area contributed by atoms with Gasteiger partial charge < -0.3 is 19.9 Å². The molecule has 0 saturated carbocycles. The summed E-state index contributed by atoms with van der Waals surface area (Å²) in [5.74, 6) is 0. The van der Waals surface area contributed by atoms with Crippen molar-refractivity contribution in [3.05, 3.63) is 33.1 Å². The van der Waals surface area contributed by atoms with Gasteiger partial charge in [-0.05, 0) is 6.42 Å². The highest BCUT2D eigenvalue weighted by Gasteiger charge is 2.14. The van der Waals surface area contributed by atoms with Crippen LogP contribution in [0.3, 0.4) is 0 Å². The highest BCUT2D eigenvalue weighted by molar-refractivity contribution is 5.67. The lowest BCUT2D eigenvalue weighted by atomic mass is 10.0. The van der Waals surface area contributed by atoms with E-state index in [-0.39, 0.29) is 26.3 Å². The van der Waals surface area contributed by atoms with Gasteiger partial charge in [0.25, 0.3) is 5.56 Å². The zero-order valence-corrected chi connectivity index (χ0v) is 24.0. The second-order valence-corrected chi connectivity index (χ2v) is 10.2. The molecule has 0 aromatic carbocycles. The van der Waals surface area contributed by atoms with E-state index in [0.717, 1.165) is 17.4 Å². The summed E-state index contributed by atoms with van der Waals surface area (Å²) in [5.41, 5.74) is -1.01. The standard InChI is InChI=1S/C29H53N3O6/c1-3-4-5-6-7-8-9-10-11-12-13-14-15-16-17-18-20-30-28(35)38-25-26(37-2)24-31-21-19-27(34)32(22-23-33)29(31)36/h19,21,26,33H,3-18,20,22-25H2,1-2H3,(H,30,35). The van der Waals surface area contributed by atoms with Gasteiger partial charge >= 0.3 is 11.8 Å². The summed E-state index contributed by atoms with van der Waals surface area (Å²) in [7, 11) is 1.47. The number of nitrogens with one attached hydrogen (secondary N) is 1. The third kappa shape index (κ3) is 16.0. The maximum Gasteiger partial charge on any atom is 0.407 e. The van der Waals surface area contributed by atoms with Crippen molar-refractivity contribution in [1.82, 2.24) is 14.5 Å². The van der Waals surface area contributed by atoms with Gasteiger partial charge in [-0.3, -0.25) is 13.9 Å². The van der Waals surface area contributed by atoms with E-state index >= 15 is 0 Å². The van der Waals surface area contributed by atoms with Crippen molar-refractivity contribution in [2.24, 2.45) is 0 Å². The monoisotopic (exact) mass is 539 g/mol. The minimum Gasteiger partial charge on any atom is -0.447 e. The molecule has 1 unspecified atom stereocenters. The van der Waals surface area contributed by atoms with Crippen LogP contribution in [-0.4, -0.2) is 53.3 Å². The Labute approximate surface area is 228 Å². The number of hydrogen-bond acceptors (Lipinski definition) is 6. The van der Waals surface area contributed by atoms with Crippen molar-refractivity contribution >= 4 is 6.09 Å². The number of aromatic nitrogens is 2. The maximum atomic E-state index is 12.4. The molecular formula is C29H53N3O6. The molecule has 9 nitrogen and oxygen atoms in total. The number of methoxy groups -OCH3 is 1. The Morgan fingerprint density at radius 3 is 1.92 bits per heavy atom. The van der Waals surface area contributed by atoms with Crippen molar-refractivity contribution in [3.63, 3.8) is 0 Å². The molecule has 0 radical (unpaired) electrons. The number of aliphatic hydroxyl groups is 1. The molecule has 1 atom stereocenters. The predicted octanol–water partition coefficient (Wildman–Crippen LogP) is 5.01. The van der Waals surface area contributed by atoms with Gasteiger partial charge in [0.2, 0.25) is 0 Å². The molecule has 0 aliphatic heterocycles. The normalized spacial score (nSPS) is 12.0. The average Bonchev–Trinajstić information content (AvgIpc) is 2.91. The van der Waals surface area contributed by atoms with Gasteiger partial charge in [-0.1, -0.05) is 103 Å². The Bertz CT molecular complexity index is 838. The van der Waals surface area contributed by atoms with Crippen LogP contribution in [-0.2, 0) is 22.6 Å². The third-order valence-corrected chi connectivity index (χ3v) is 6.90. The van der Waals surface area contributed by atoms with E-state index < -0.39 is 23.4 Å². The van der Waals surface area contributed by atoms with Gasteiger partial charge in [0.05, 0.1) is 19.7 Å². The van der Waals surface area contributed by atoms with Crippen LogP contribution in [0, 0.1) is 0 Å². The van der Waals surface area contributed by atoms with Crippen LogP contribution in [0.5, 0.6) is 0 Å².